The van der Waals surface area contributed by atoms with Crippen LogP contribution in [0.3, 0.4) is 0 Å². The minimum Gasteiger partial charge on any atom is -0.398 e. The number of nitrogens with one attached hydrogen (secondary N) is 1. The Balaban J connectivity index is 2.20. The quantitative estimate of drug-likeness (QED) is 0.806. The van der Waals surface area contributed by atoms with E-state index in [2.05, 4.69) is 29.4 Å². The van der Waals surface area contributed by atoms with Crippen molar-refractivity contribution in [1.29, 1.82) is 0 Å². The summed E-state index contributed by atoms with van der Waals surface area (Å²) in [4.78, 5) is 4.27. The average molecular weight is 213 g/mol. The van der Waals surface area contributed by atoms with Gasteiger partial charge in [-0.15, -0.1) is 0 Å². The second kappa shape index (κ2) is 4.23. The van der Waals surface area contributed by atoms with Crippen molar-refractivity contribution < 1.29 is 0 Å². The third-order valence-corrected chi connectivity index (χ3v) is 2.47. The molecule has 0 aliphatic heterocycles. The van der Waals surface area contributed by atoms with E-state index >= 15 is 0 Å². The summed E-state index contributed by atoms with van der Waals surface area (Å²) in [7, 11) is 0. The number of hydrogen-bond donors (Lipinski definition) is 2. The number of rotatable bonds is 2. The minimum atomic E-state index is 0.754. The predicted octanol–water partition coefficient (Wildman–Crippen LogP) is 3.02. The molecule has 82 valence electrons. The minimum absolute atomic E-state index is 0.754. The first-order chi connectivity index (χ1) is 7.65. The molecule has 0 aliphatic rings. The summed E-state index contributed by atoms with van der Waals surface area (Å²) in [6.45, 7) is 4.00. The molecule has 0 fully saturated rings. The smallest absolute Gasteiger partial charge is 0.132 e. The highest BCUT2D eigenvalue weighted by Crippen LogP contribution is 2.18. The van der Waals surface area contributed by atoms with Gasteiger partial charge in [0, 0.05) is 23.6 Å². The fourth-order valence-corrected chi connectivity index (χ4v) is 1.39. The van der Waals surface area contributed by atoms with Crippen molar-refractivity contribution in [2.24, 2.45) is 0 Å². The summed E-state index contributed by atoms with van der Waals surface area (Å²) in [5.41, 5.74) is 9.82. The van der Waals surface area contributed by atoms with Crippen LogP contribution >= 0.6 is 0 Å². The number of anilines is 3. The Kier molecular flexibility index (Phi) is 2.77. The van der Waals surface area contributed by atoms with Crippen molar-refractivity contribution in [3.05, 3.63) is 47.7 Å². The summed E-state index contributed by atoms with van der Waals surface area (Å²) in [6, 6.07) is 10.00. The van der Waals surface area contributed by atoms with Crippen LogP contribution in [0, 0.1) is 13.8 Å². The fraction of sp³-hybridized carbons (Fsp3) is 0.154. The molecule has 1 heterocycles. The van der Waals surface area contributed by atoms with Crippen LogP contribution in [0.2, 0.25) is 0 Å². The second-order valence-corrected chi connectivity index (χ2v) is 3.92. The van der Waals surface area contributed by atoms with Crippen LogP contribution in [-0.2, 0) is 0 Å². The molecular formula is C13H15N3. The summed E-state index contributed by atoms with van der Waals surface area (Å²) in [6.07, 6.45) is 1.77. The van der Waals surface area contributed by atoms with Gasteiger partial charge in [0.25, 0.3) is 0 Å². The van der Waals surface area contributed by atoms with Gasteiger partial charge in [0.15, 0.2) is 0 Å². The molecule has 16 heavy (non-hydrogen) atoms. The molecule has 0 atom stereocenters. The lowest BCUT2D eigenvalue weighted by Gasteiger charge is -2.07. The monoisotopic (exact) mass is 213 g/mol. The second-order valence-electron chi connectivity index (χ2n) is 3.92. The maximum atomic E-state index is 5.82. The molecule has 3 nitrogen and oxygen atoms in total. The van der Waals surface area contributed by atoms with Crippen LogP contribution in [0.5, 0.6) is 0 Å². The molecule has 3 N–H and O–H groups in total. The van der Waals surface area contributed by atoms with Gasteiger partial charge < -0.3 is 11.1 Å². The number of nitrogens with two attached hydrogens (primary N) is 1. The van der Waals surface area contributed by atoms with Gasteiger partial charge in [-0.3, -0.25) is 0 Å². The van der Waals surface area contributed by atoms with Gasteiger partial charge >= 0.3 is 0 Å². The maximum Gasteiger partial charge on any atom is 0.132 e. The highest BCUT2D eigenvalue weighted by Gasteiger charge is 1.98. The molecule has 0 saturated heterocycles. The summed E-state index contributed by atoms with van der Waals surface area (Å²) in [5, 5.41) is 3.21. The standard InChI is InChI=1S/C13H15N3/c1-9-3-5-11(6-4-9)16-13-7-12(14)10(2)8-15-13/h3-8H,1-2H3,(H3,14,15,16). The number of nitrogens with zero attached hydrogens (tertiary/aromatic N) is 1. The first-order valence-corrected chi connectivity index (χ1v) is 5.21. The molecule has 0 unspecified atom stereocenters. The van der Waals surface area contributed by atoms with Crippen molar-refractivity contribution in [1.82, 2.24) is 4.98 Å². The Hall–Kier alpha value is -2.03. The van der Waals surface area contributed by atoms with Gasteiger partial charge in [0.1, 0.15) is 5.82 Å². The van der Waals surface area contributed by atoms with Crippen LogP contribution in [0.15, 0.2) is 36.5 Å². The molecule has 2 rings (SSSR count). The number of aromatic nitrogens is 1. The van der Waals surface area contributed by atoms with Crippen molar-refractivity contribution in [2.75, 3.05) is 11.1 Å². The van der Waals surface area contributed by atoms with E-state index in [1.54, 1.807) is 6.20 Å². The van der Waals surface area contributed by atoms with Crippen molar-refractivity contribution in [3.8, 4) is 0 Å². The number of benzene rings is 1. The zero-order chi connectivity index (χ0) is 11.5. The third-order valence-electron chi connectivity index (χ3n) is 2.47. The number of aryl methyl sites for hydroxylation is 2. The Morgan fingerprint density at radius 2 is 1.81 bits per heavy atom. The van der Waals surface area contributed by atoms with Gasteiger partial charge in [0.2, 0.25) is 0 Å². The maximum absolute atomic E-state index is 5.82. The largest absolute Gasteiger partial charge is 0.398 e. The van der Waals surface area contributed by atoms with Gasteiger partial charge in [-0.05, 0) is 31.5 Å². The molecule has 1 aromatic heterocycles. The first kappa shape index (κ1) is 10.5. The van der Waals surface area contributed by atoms with Crippen molar-refractivity contribution in [3.63, 3.8) is 0 Å². The molecule has 0 saturated carbocycles. The zero-order valence-corrected chi connectivity index (χ0v) is 9.49. The predicted molar refractivity (Wildman–Crippen MR) is 67.8 cm³/mol. The molecule has 0 amide bonds. The zero-order valence-electron chi connectivity index (χ0n) is 9.49. The Morgan fingerprint density at radius 1 is 1.12 bits per heavy atom. The molecule has 3 heteroatoms. The van der Waals surface area contributed by atoms with Crippen molar-refractivity contribution >= 4 is 17.2 Å². The van der Waals surface area contributed by atoms with Crippen LogP contribution < -0.4 is 11.1 Å². The summed E-state index contributed by atoms with van der Waals surface area (Å²) >= 11 is 0. The van der Waals surface area contributed by atoms with Gasteiger partial charge in [-0.2, -0.15) is 0 Å². The molecule has 2 aromatic rings. The average Bonchev–Trinajstić information content (AvgIpc) is 2.27. The van der Waals surface area contributed by atoms with E-state index in [4.69, 9.17) is 5.73 Å². The molecule has 0 aliphatic carbocycles. The highest BCUT2D eigenvalue weighted by atomic mass is 15.0. The SMILES string of the molecule is Cc1ccc(Nc2cc(N)c(C)cn2)cc1. The third kappa shape index (κ3) is 2.31. The van der Waals surface area contributed by atoms with Gasteiger partial charge in [0.05, 0.1) is 0 Å². The first-order valence-electron chi connectivity index (χ1n) is 5.21. The lowest BCUT2D eigenvalue weighted by molar-refractivity contribution is 1.26. The summed E-state index contributed by atoms with van der Waals surface area (Å²) in [5.74, 6) is 0.770. The van der Waals surface area contributed by atoms with E-state index in [0.717, 1.165) is 22.8 Å². The van der Waals surface area contributed by atoms with Gasteiger partial charge in [-0.25, -0.2) is 4.98 Å². The summed E-state index contributed by atoms with van der Waals surface area (Å²) < 4.78 is 0. The molecule has 1 aromatic carbocycles. The van der Waals surface area contributed by atoms with Crippen LogP contribution in [0.1, 0.15) is 11.1 Å². The lowest BCUT2D eigenvalue weighted by atomic mass is 10.2. The van der Waals surface area contributed by atoms with Gasteiger partial charge in [-0.1, -0.05) is 17.7 Å². The van der Waals surface area contributed by atoms with Crippen LogP contribution in [0.25, 0.3) is 0 Å². The fourth-order valence-electron chi connectivity index (χ4n) is 1.39. The number of nitrogen functional groups attached to an aromatic ring is 1. The van der Waals surface area contributed by atoms with Crippen LogP contribution in [-0.4, -0.2) is 4.98 Å². The molecule has 0 bridgehead atoms. The normalized spacial score (nSPS) is 10.1. The number of pyridine rings is 1. The topological polar surface area (TPSA) is 50.9 Å². The highest BCUT2D eigenvalue weighted by molar-refractivity contribution is 5.61. The molecule has 0 spiro atoms. The van der Waals surface area contributed by atoms with E-state index < -0.39 is 0 Å². The Bertz CT molecular complexity index is 489. The van der Waals surface area contributed by atoms with E-state index in [1.807, 2.05) is 25.1 Å². The number of hydrogen-bond acceptors (Lipinski definition) is 3. The lowest BCUT2D eigenvalue weighted by Crippen LogP contribution is -1.97. The van der Waals surface area contributed by atoms with E-state index in [-0.39, 0.29) is 0 Å². The van der Waals surface area contributed by atoms with E-state index in [9.17, 15) is 0 Å². The molecule has 0 radical (unpaired) electrons. The Labute approximate surface area is 95.3 Å². The van der Waals surface area contributed by atoms with E-state index in [0.29, 0.717) is 0 Å². The molecular weight excluding hydrogens is 198 g/mol. The van der Waals surface area contributed by atoms with Crippen LogP contribution in [0.4, 0.5) is 17.2 Å². The van der Waals surface area contributed by atoms with Crippen molar-refractivity contribution in [2.45, 2.75) is 13.8 Å². The van der Waals surface area contributed by atoms with E-state index in [1.165, 1.54) is 5.56 Å². The Morgan fingerprint density at radius 3 is 2.44 bits per heavy atom.